The molecular weight excluding hydrogens is 256 g/mol. The zero-order valence-electron chi connectivity index (χ0n) is 11.4. The summed E-state index contributed by atoms with van der Waals surface area (Å²) < 4.78 is 10.4. The third-order valence-corrected chi connectivity index (χ3v) is 2.85. The zero-order chi connectivity index (χ0) is 14.4. The van der Waals surface area contributed by atoms with E-state index >= 15 is 0 Å². The molecule has 104 valence electrons. The molecule has 0 saturated heterocycles. The lowest BCUT2D eigenvalue weighted by Gasteiger charge is -2.11. The van der Waals surface area contributed by atoms with Crippen molar-refractivity contribution < 1.29 is 14.3 Å². The van der Waals surface area contributed by atoms with Gasteiger partial charge in [-0.05, 0) is 30.3 Å². The molecule has 1 aromatic carbocycles. The Morgan fingerprint density at radius 3 is 2.75 bits per heavy atom. The van der Waals surface area contributed by atoms with Crippen molar-refractivity contribution in [3.8, 4) is 11.5 Å². The molecule has 0 aliphatic rings. The normalized spacial score (nSPS) is 9.90. The monoisotopic (exact) mass is 272 g/mol. The number of pyridine rings is 1. The highest BCUT2D eigenvalue weighted by atomic mass is 16.5. The van der Waals surface area contributed by atoms with Crippen molar-refractivity contribution in [3.05, 3.63) is 53.9 Å². The minimum Gasteiger partial charge on any atom is -0.497 e. The van der Waals surface area contributed by atoms with Crippen LogP contribution in [0.15, 0.2) is 42.7 Å². The number of rotatable bonds is 5. The number of nitrogens with one attached hydrogen (secondary N) is 1. The molecule has 0 atom stereocenters. The van der Waals surface area contributed by atoms with Gasteiger partial charge in [0, 0.05) is 24.5 Å². The molecule has 20 heavy (non-hydrogen) atoms. The van der Waals surface area contributed by atoms with Crippen LogP contribution in [-0.4, -0.2) is 25.1 Å². The van der Waals surface area contributed by atoms with Crippen molar-refractivity contribution >= 4 is 5.91 Å². The Bertz CT molecular complexity index is 585. The predicted octanol–water partition coefficient (Wildman–Crippen LogP) is 2.03. The van der Waals surface area contributed by atoms with E-state index in [1.54, 1.807) is 32.5 Å². The van der Waals surface area contributed by atoms with E-state index in [0.29, 0.717) is 17.9 Å². The second-order valence-corrected chi connectivity index (χ2v) is 4.10. The summed E-state index contributed by atoms with van der Waals surface area (Å²) in [7, 11) is 3.19. The van der Waals surface area contributed by atoms with Gasteiger partial charge in [0.1, 0.15) is 11.5 Å². The topological polar surface area (TPSA) is 60.5 Å². The van der Waals surface area contributed by atoms with Crippen LogP contribution >= 0.6 is 0 Å². The van der Waals surface area contributed by atoms with Crippen LogP contribution in [0.1, 0.15) is 15.9 Å². The summed E-state index contributed by atoms with van der Waals surface area (Å²) in [4.78, 5) is 15.9. The van der Waals surface area contributed by atoms with Gasteiger partial charge in [-0.2, -0.15) is 0 Å². The third-order valence-electron chi connectivity index (χ3n) is 2.85. The van der Waals surface area contributed by atoms with E-state index in [1.165, 1.54) is 6.20 Å². The average Bonchev–Trinajstić information content (AvgIpc) is 2.53. The van der Waals surface area contributed by atoms with Crippen molar-refractivity contribution in [1.82, 2.24) is 10.3 Å². The van der Waals surface area contributed by atoms with Gasteiger partial charge in [0.2, 0.25) is 0 Å². The smallest absolute Gasteiger partial charge is 0.253 e. The molecular formula is C15H16N2O3. The molecule has 1 N–H and O–H groups in total. The van der Waals surface area contributed by atoms with E-state index in [4.69, 9.17) is 9.47 Å². The van der Waals surface area contributed by atoms with Gasteiger partial charge < -0.3 is 14.8 Å². The maximum Gasteiger partial charge on any atom is 0.253 e. The molecule has 0 unspecified atom stereocenters. The first-order chi connectivity index (χ1) is 9.74. The molecule has 2 aromatic rings. The summed E-state index contributed by atoms with van der Waals surface area (Å²) in [6.07, 6.45) is 3.15. The first-order valence-electron chi connectivity index (χ1n) is 6.13. The summed E-state index contributed by atoms with van der Waals surface area (Å²) in [6.45, 7) is 0.355. The number of methoxy groups -OCH3 is 2. The summed E-state index contributed by atoms with van der Waals surface area (Å²) in [5, 5.41) is 2.83. The van der Waals surface area contributed by atoms with Gasteiger partial charge in [-0.3, -0.25) is 9.78 Å². The zero-order valence-corrected chi connectivity index (χ0v) is 11.4. The fourth-order valence-electron chi connectivity index (χ4n) is 1.79. The molecule has 0 spiro atoms. The molecule has 0 aliphatic heterocycles. The van der Waals surface area contributed by atoms with Crippen LogP contribution < -0.4 is 14.8 Å². The number of carbonyl (C=O) groups excluding carboxylic acids is 1. The minimum absolute atomic E-state index is 0.178. The van der Waals surface area contributed by atoms with Crippen molar-refractivity contribution in [2.45, 2.75) is 6.54 Å². The Morgan fingerprint density at radius 2 is 2.10 bits per heavy atom. The van der Waals surface area contributed by atoms with Crippen molar-refractivity contribution in [3.63, 3.8) is 0 Å². The molecule has 0 saturated carbocycles. The quantitative estimate of drug-likeness (QED) is 0.904. The molecule has 0 fully saturated rings. The van der Waals surface area contributed by atoms with E-state index in [-0.39, 0.29) is 5.91 Å². The first-order valence-corrected chi connectivity index (χ1v) is 6.13. The number of ether oxygens (including phenoxy) is 2. The number of hydrogen-bond acceptors (Lipinski definition) is 4. The number of aromatic nitrogens is 1. The lowest BCUT2D eigenvalue weighted by Crippen LogP contribution is -2.23. The van der Waals surface area contributed by atoms with Crippen molar-refractivity contribution in [2.24, 2.45) is 0 Å². The summed E-state index contributed by atoms with van der Waals surface area (Å²) in [6, 6.07) is 8.89. The van der Waals surface area contributed by atoms with Crippen molar-refractivity contribution in [2.75, 3.05) is 14.2 Å². The third kappa shape index (κ3) is 3.26. The molecule has 5 heteroatoms. The highest BCUT2D eigenvalue weighted by Gasteiger charge is 2.08. The van der Waals surface area contributed by atoms with Crippen LogP contribution in [0.2, 0.25) is 0 Å². The number of carbonyl (C=O) groups is 1. The fourth-order valence-corrected chi connectivity index (χ4v) is 1.79. The van der Waals surface area contributed by atoms with Gasteiger partial charge in [0.05, 0.1) is 19.8 Å². The Balaban J connectivity index is 2.08. The second kappa shape index (κ2) is 6.56. The second-order valence-electron chi connectivity index (χ2n) is 4.10. The van der Waals surface area contributed by atoms with E-state index in [2.05, 4.69) is 10.3 Å². The van der Waals surface area contributed by atoms with Crippen LogP contribution in [0.3, 0.4) is 0 Å². The lowest BCUT2D eigenvalue weighted by molar-refractivity contribution is 0.0950. The molecule has 5 nitrogen and oxygen atoms in total. The average molecular weight is 272 g/mol. The van der Waals surface area contributed by atoms with Gasteiger partial charge in [-0.25, -0.2) is 0 Å². The van der Waals surface area contributed by atoms with E-state index in [9.17, 15) is 4.79 Å². The van der Waals surface area contributed by atoms with Gasteiger partial charge in [-0.15, -0.1) is 0 Å². The highest BCUT2D eigenvalue weighted by Crippen LogP contribution is 2.23. The van der Waals surface area contributed by atoms with Gasteiger partial charge in [-0.1, -0.05) is 0 Å². The van der Waals surface area contributed by atoms with Gasteiger partial charge >= 0.3 is 0 Å². The van der Waals surface area contributed by atoms with Gasteiger partial charge in [0.15, 0.2) is 0 Å². The molecule has 0 aliphatic carbocycles. The SMILES string of the molecule is COc1ccc(OC)c(CNC(=O)c2cccnc2)c1. The van der Waals surface area contributed by atoms with Crippen LogP contribution in [0.4, 0.5) is 0 Å². The van der Waals surface area contributed by atoms with Crippen LogP contribution in [0.25, 0.3) is 0 Å². The number of hydrogen-bond donors (Lipinski definition) is 1. The minimum atomic E-state index is -0.178. The predicted molar refractivity (Wildman–Crippen MR) is 75.0 cm³/mol. The Hall–Kier alpha value is -2.56. The van der Waals surface area contributed by atoms with Crippen molar-refractivity contribution in [1.29, 1.82) is 0 Å². The van der Waals surface area contributed by atoms with E-state index in [1.807, 2.05) is 18.2 Å². The Kier molecular flexibility index (Phi) is 4.55. The maximum absolute atomic E-state index is 11.9. The van der Waals surface area contributed by atoms with E-state index in [0.717, 1.165) is 11.3 Å². The largest absolute Gasteiger partial charge is 0.497 e. The maximum atomic E-state index is 11.9. The number of benzene rings is 1. The summed E-state index contributed by atoms with van der Waals surface area (Å²) >= 11 is 0. The molecule has 2 rings (SSSR count). The molecule has 1 amide bonds. The van der Waals surface area contributed by atoms with E-state index < -0.39 is 0 Å². The van der Waals surface area contributed by atoms with Gasteiger partial charge in [0.25, 0.3) is 5.91 Å². The standard InChI is InChI=1S/C15H16N2O3/c1-19-13-5-6-14(20-2)12(8-13)10-17-15(18)11-4-3-7-16-9-11/h3-9H,10H2,1-2H3,(H,17,18). The summed E-state index contributed by atoms with van der Waals surface area (Å²) in [5.74, 6) is 1.25. The number of nitrogens with zero attached hydrogens (tertiary/aromatic N) is 1. The first kappa shape index (κ1) is 13.9. The van der Waals surface area contributed by atoms with Crippen LogP contribution in [-0.2, 0) is 6.54 Å². The summed E-state index contributed by atoms with van der Waals surface area (Å²) in [5.41, 5.74) is 1.37. The Labute approximate surface area is 117 Å². The molecule has 1 heterocycles. The highest BCUT2D eigenvalue weighted by molar-refractivity contribution is 5.93. The molecule has 0 radical (unpaired) electrons. The Morgan fingerprint density at radius 1 is 1.25 bits per heavy atom. The van der Waals surface area contributed by atoms with Crippen LogP contribution in [0.5, 0.6) is 11.5 Å². The molecule has 0 bridgehead atoms. The number of amides is 1. The van der Waals surface area contributed by atoms with Crippen LogP contribution in [0, 0.1) is 0 Å². The fraction of sp³-hybridized carbons (Fsp3) is 0.200. The molecule has 1 aromatic heterocycles. The lowest BCUT2D eigenvalue weighted by atomic mass is 10.1.